The van der Waals surface area contributed by atoms with Crippen LogP contribution in [0.25, 0.3) is 0 Å². The summed E-state index contributed by atoms with van der Waals surface area (Å²) in [6.07, 6.45) is 1.16. The van der Waals surface area contributed by atoms with Gasteiger partial charge in [-0.25, -0.2) is 0 Å². The van der Waals surface area contributed by atoms with Gasteiger partial charge in [-0.1, -0.05) is 34.6 Å². The molecule has 23 heavy (non-hydrogen) atoms. The first-order valence-electron chi connectivity index (χ1n) is 8.60. The molecule has 0 radical (unpaired) electrons. The van der Waals surface area contributed by atoms with E-state index in [-0.39, 0.29) is 30.1 Å². The predicted octanol–water partition coefficient (Wildman–Crippen LogP) is 1.53. The number of Topliss-reactive ketones (excluding diaryl/α,β-unsaturated/α-hetero) is 1. The molecule has 0 aliphatic rings. The molecule has 0 saturated heterocycles. The Balaban J connectivity index is 3.93. The van der Waals surface area contributed by atoms with Crippen molar-refractivity contribution in [1.29, 1.82) is 0 Å². The average Bonchev–Trinajstić information content (AvgIpc) is 2.48. The highest BCUT2D eigenvalue weighted by atomic mass is 16.5. The van der Waals surface area contributed by atoms with E-state index in [0.717, 1.165) is 13.0 Å². The smallest absolute Gasteiger partial charge is 0.222 e. The third kappa shape index (κ3) is 12.1. The van der Waals surface area contributed by atoms with E-state index in [0.29, 0.717) is 26.4 Å². The largest absolute Gasteiger partial charge is 0.379 e. The highest BCUT2D eigenvalue weighted by Gasteiger charge is 2.24. The normalized spacial score (nSPS) is 12.7. The molecule has 6 nitrogen and oxygen atoms in total. The summed E-state index contributed by atoms with van der Waals surface area (Å²) in [5, 5.41) is 5.95. The van der Waals surface area contributed by atoms with Gasteiger partial charge in [-0.15, -0.1) is 0 Å². The number of hydrogen-bond donors (Lipinski definition) is 2. The van der Waals surface area contributed by atoms with Crippen LogP contribution in [-0.2, 0) is 19.1 Å². The Morgan fingerprint density at radius 2 is 1.57 bits per heavy atom. The molecule has 0 unspecified atom stereocenters. The first kappa shape index (κ1) is 22.0. The molecule has 0 fully saturated rings. The first-order valence-corrected chi connectivity index (χ1v) is 8.60. The Morgan fingerprint density at radius 3 is 2.09 bits per heavy atom. The Hall–Kier alpha value is -0.980. The van der Waals surface area contributed by atoms with Crippen LogP contribution in [0, 0.1) is 5.92 Å². The van der Waals surface area contributed by atoms with Crippen molar-refractivity contribution < 1.29 is 19.1 Å². The molecule has 0 aromatic carbocycles. The molecule has 1 atom stereocenters. The monoisotopic (exact) mass is 330 g/mol. The van der Waals surface area contributed by atoms with Gasteiger partial charge in [0.2, 0.25) is 5.91 Å². The van der Waals surface area contributed by atoms with E-state index in [4.69, 9.17) is 9.47 Å². The van der Waals surface area contributed by atoms with Gasteiger partial charge in [0.05, 0.1) is 25.9 Å². The Bertz CT molecular complexity index is 333. The fourth-order valence-corrected chi connectivity index (χ4v) is 2.03. The van der Waals surface area contributed by atoms with E-state index in [1.54, 1.807) is 0 Å². The Labute approximate surface area is 140 Å². The van der Waals surface area contributed by atoms with E-state index in [2.05, 4.69) is 17.6 Å². The van der Waals surface area contributed by atoms with Crippen molar-refractivity contribution in [2.45, 2.75) is 59.5 Å². The molecule has 6 heteroatoms. The van der Waals surface area contributed by atoms with Gasteiger partial charge in [-0.05, 0) is 6.42 Å². The molecule has 0 saturated carbocycles. The van der Waals surface area contributed by atoms with Crippen LogP contribution in [0.1, 0.15) is 47.5 Å². The molecule has 0 aromatic heterocycles. The van der Waals surface area contributed by atoms with E-state index < -0.39 is 6.04 Å². The van der Waals surface area contributed by atoms with Gasteiger partial charge in [0.1, 0.15) is 0 Å². The van der Waals surface area contributed by atoms with E-state index in [1.807, 2.05) is 27.7 Å². The molecule has 136 valence electrons. The number of carbonyl (C=O) groups is 2. The summed E-state index contributed by atoms with van der Waals surface area (Å²) in [7, 11) is 0. The maximum atomic E-state index is 12.1. The summed E-state index contributed by atoms with van der Waals surface area (Å²) in [6.45, 7) is 12.4. The predicted molar refractivity (Wildman–Crippen MR) is 91.5 cm³/mol. The van der Waals surface area contributed by atoms with Gasteiger partial charge in [-0.3, -0.25) is 9.59 Å². The molecule has 0 aromatic rings. The van der Waals surface area contributed by atoms with Gasteiger partial charge in [0.25, 0.3) is 0 Å². The number of carbonyl (C=O) groups excluding carboxylic acids is 2. The van der Waals surface area contributed by atoms with Crippen molar-refractivity contribution in [2.24, 2.45) is 5.92 Å². The minimum absolute atomic E-state index is 0.0678. The van der Waals surface area contributed by atoms with Crippen LogP contribution >= 0.6 is 0 Å². The highest BCUT2D eigenvalue weighted by Crippen LogP contribution is 2.05. The Kier molecular flexibility index (Phi) is 12.9. The molecule has 0 heterocycles. The van der Waals surface area contributed by atoms with Crippen molar-refractivity contribution in [2.75, 3.05) is 33.0 Å². The van der Waals surface area contributed by atoms with Crippen LogP contribution in [0.5, 0.6) is 0 Å². The second kappa shape index (κ2) is 13.5. The fraction of sp³-hybridized carbons (Fsp3) is 0.882. The van der Waals surface area contributed by atoms with Gasteiger partial charge in [-0.2, -0.15) is 0 Å². The molecule has 2 N–H and O–H groups in total. The van der Waals surface area contributed by atoms with Crippen molar-refractivity contribution in [3.8, 4) is 0 Å². The number of rotatable bonds is 14. The van der Waals surface area contributed by atoms with Crippen molar-refractivity contribution in [1.82, 2.24) is 10.6 Å². The second-order valence-electron chi connectivity index (χ2n) is 6.21. The van der Waals surface area contributed by atoms with Crippen LogP contribution in [0.2, 0.25) is 0 Å². The SMILES string of the molecule is CCCOCCOCCNC(=O)C[C@H](NC(C)C)C(=O)C(C)C. The summed E-state index contributed by atoms with van der Waals surface area (Å²) >= 11 is 0. The molecule has 1 amide bonds. The zero-order chi connectivity index (χ0) is 17.7. The minimum Gasteiger partial charge on any atom is -0.379 e. The summed E-state index contributed by atoms with van der Waals surface area (Å²) in [5.41, 5.74) is 0. The van der Waals surface area contributed by atoms with Crippen LogP contribution in [0.15, 0.2) is 0 Å². The fourth-order valence-electron chi connectivity index (χ4n) is 2.03. The van der Waals surface area contributed by atoms with Gasteiger partial charge in [0.15, 0.2) is 5.78 Å². The van der Waals surface area contributed by atoms with Crippen molar-refractivity contribution in [3.63, 3.8) is 0 Å². The molecule has 0 aliphatic carbocycles. The third-order valence-corrected chi connectivity index (χ3v) is 3.13. The molecule has 0 aliphatic heterocycles. The summed E-state index contributed by atoms with van der Waals surface area (Å²) < 4.78 is 10.7. The molecule has 0 spiro atoms. The van der Waals surface area contributed by atoms with Crippen LogP contribution in [0.4, 0.5) is 0 Å². The van der Waals surface area contributed by atoms with Gasteiger partial charge in [0, 0.05) is 31.5 Å². The van der Waals surface area contributed by atoms with Gasteiger partial charge >= 0.3 is 0 Å². The average molecular weight is 330 g/mol. The number of hydrogen-bond acceptors (Lipinski definition) is 5. The van der Waals surface area contributed by atoms with E-state index in [9.17, 15) is 9.59 Å². The molecule has 0 rings (SSSR count). The van der Waals surface area contributed by atoms with E-state index in [1.165, 1.54) is 0 Å². The summed E-state index contributed by atoms with van der Waals surface area (Å²) in [6, 6.07) is -0.277. The molecule has 0 bridgehead atoms. The lowest BCUT2D eigenvalue weighted by atomic mass is 9.98. The summed E-state index contributed by atoms with van der Waals surface area (Å²) in [5.74, 6) is -0.161. The third-order valence-electron chi connectivity index (χ3n) is 3.13. The maximum Gasteiger partial charge on any atom is 0.222 e. The first-order chi connectivity index (χ1) is 10.9. The number of ether oxygens (including phenoxy) is 2. The zero-order valence-electron chi connectivity index (χ0n) is 15.3. The highest BCUT2D eigenvalue weighted by molar-refractivity contribution is 5.90. The standard InChI is InChI=1S/C17H34N2O4/c1-6-8-22-10-11-23-9-7-18-16(20)12-15(19-14(4)5)17(21)13(2)3/h13-15,19H,6-12H2,1-5H3,(H,18,20)/t15-/m0/s1. The Morgan fingerprint density at radius 1 is 0.957 bits per heavy atom. The topological polar surface area (TPSA) is 76.7 Å². The lowest BCUT2D eigenvalue weighted by Crippen LogP contribution is -2.46. The van der Waals surface area contributed by atoms with Crippen LogP contribution < -0.4 is 10.6 Å². The lowest BCUT2D eigenvalue weighted by molar-refractivity contribution is -0.129. The zero-order valence-corrected chi connectivity index (χ0v) is 15.3. The lowest BCUT2D eigenvalue weighted by Gasteiger charge is -2.21. The van der Waals surface area contributed by atoms with Crippen LogP contribution in [-0.4, -0.2) is 56.7 Å². The van der Waals surface area contributed by atoms with E-state index >= 15 is 0 Å². The molecular weight excluding hydrogens is 296 g/mol. The summed E-state index contributed by atoms with van der Waals surface area (Å²) in [4.78, 5) is 24.1. The van der Waals surface area contributed by atoms with Crippen LogP contribution in [0.3, 0.4) is 0 Å². The van der Waals surface area contributed by atoms with Crippen molar-refractivity contribution >= 4 is 11.7 Å². The number of ketones is 1. The van der Waals surface area contributed by atoms with Crippen molar-refractivity contribution in [3.05, 3.63) is 0 Å². The van der Waals surface area contributed by atoms with Gasteiger partial charge < -0.3 is 20.1 Å². The quantitative estimate of drug-likeness (QED) is 0.472. The second-order valence-corrected chi connectivity index (χ2v) is 6.21. The molecular formula is C17H34N2O4. The maximum absolute atomic E-state index is 12.1. The number of amides is 1. The minimum atomic E-state index is -0.432. The number of nitrogens with one attached hydrogen (secondary N) is 2.